The Hall–Kier alpha value is -0.0800. The minimum atomic E-state index is 0.598. The minimum absolute atomic E-state index is 0.598. The van der Waals surface area contributed by atoms with Crippen molar-refractivity contribution in [2.45, 2.75) is 38.6 Å². The van der Waals surface area contributed by atoms with E-state index in [4.69, 9.17) is 4.74 Å². The van der Waals surface area contributed by atoms with Crippen LogP contribution in [-0.2, 0) is 4.74 Å². The largest absolute Gasteiger partial charge is 0.378 e. The second kappa shape index (κ2) is 3.35. The molecule has 0 aromatic rings. The molecule has 0 radical (unpaired) electrons. The van der Waals surface area contributed by atoms with Gasteiger partial charge in [0.05, 0.1) is 13.2 Å². The monoisotopic (exact) mass is 169 g/mol. The Balaban J connectivity index is 1.95. The first-order valence-electron chi connectivity index (χ1n) is 5.18. The van der Waals surface area contributed by atoms with Crippen molar-refractivity contribution < 1.29 is 4.74 Å². The molecular formula is C10H19NO. The average Bonchev–Trinajstić information content (AvgIpc) is 2.05. The molecule has 2 rings (SSSR count). The van der Waals surface area contributed by atoms with E-state index in [0.29, 0.717) is 11.5 Å². The first-order valence-corrected chi connectivity index (χ1v) is 5.18. The van der Waals surface area contributed by atoms with Crippen molar-refractivity contribution in [1.29, 1.82) is 0 Å². The molecule has 1 heterocycles. The molecule has 1 atom stereocenters. The van der Waals surface area contributed by atoms with Gasteiger partial charge in [0.1, 0.15) is 0 Å². The van der Waals surface area contributed by atoms with Crippen LogP contribution >= 0.6 is 0 Å². The zero-order valence-electron chi connectivity index (χ0n) is 7.94. The highest BCUT2D eigenvalue weighted by Crippen LogP contribution is 2.46. The van der Waals surface area contributed by atoms with Gasteiger partial charge in [-0.25, -0.2) is 0 Å². The highest BCUT2D eigenvalue weighted by molar-refractivity contribution is 4.97. The molecule has 0 amide bonds. The van der Waals surface area contributed by atoms with Gasteiger partial charge in [0, 0.05) is 12.6 Å². The molecule has 2 heteroatoms. The summed E-state index contributed by atoms with van der Waals surface area (Å²) in [5, 5.41) is 3.59. The summed E-state index contributed by atoms with van der Waals surface area (Å²) in [6, 6.07) is 0.644. The maximum atomic E-state index is 5.50. The van der Waals surface area contributed by atoms with Gasteiger partial charge >= 0.3 is 0 Å². The van der Waals surface area contributed by atoms with E-state index in [0.717, 1.165) is 19.8 Å². The van der Waals surface area contributed by atoms with Gasteiger partial charge in [-0.2, -0.15) is 0 Å². The summed E-state index contributed by atoms with van der Waals surface area (Å²) in [5.41, 5.74) is 0.598. The van der Waals surface area contributed by atoms with E-state index in [1.54, 1.807) is 0 Å². The average molecular weight is 169 g/mol. The number of hydrogen-bond donors (Lipinski definition) is 1. The zero-order valence-corrected chi connectivity index (χ0v) is 7.94. The maximum absolute atomic E-state index is 5.50. The molecule has 1 aliphatic heterocycles. The molecule has 1 unspecified atom stereocenters. The Kier molecular flexibility index (Phi) is 2.37. The van der Waals surface area contributed by atoms with Crippen LogP contribution in [0.1, 0.15) is 32.6 Å². The van der Waals surface area contributed by atoms with E-state index in [1.165, 1.54) is 25.7 Å². The maximum Gasteiger partial charge on any atom is 0.0625 e. The number of nitrogens with one attached hydrogen (secondary N) is 1. The molecule has 12 heavy (non-hydrogen) atoms. The third-order valence-electron chi connectivity index (χ3n) is 3.71. The van der Waals surface area contributed by atoms with Gasteiger partial charge in [-0.1, -0.05) is 13.3 Å². The van der Waals surface area contributed by atoms with E-state index in [2.05, 4.69) is 12.2 Å². The summed E-state index contributed by atoms with van der Waals surface area (Å²) in [5.74, 6) is 0. The van der Waals surface area contributed by atoms with Crippen molar-refractivity contribution in [3.8, 4) is 0 Å². The summed E-state index contributed by atoms with van der Waals surface area (Å²) < 4.78 is 5.50. The van der Waals surface area contributed by atoms with Crippen LogP contribution in [0.25, 0.3) is 0 Å². The molecule has 2 fully saturated rings. The summed E-state index contributed by atoms with van der Waals surface area (Å²) in [7, 11) is 0. The molecule has 2 aliphatic rings. The fraction of sp³-hybridized carbons (Fsp3) is 1.00. The van der Waals surface area contributed by atoms with E-state index in [9.17, 15) is 0 Å². The van der Waals surface area contributed by atoms with Gasteiger partial charge in [-0.15, -0.1) is 0 Å². The Morgan fingerprint density at radius 2 is 2.33 bits per heavy atom. The lowest BCUT2D eigenvalue weighted by Crippen LogP contribution is -2.55. The van der Waals surface area contributed by atoms with Crippen LogP contribution in [-0.4, -0.2) is 25.8 Å². The predicted molar refractivity (Wildman–Crippen MR) is 49.2 cm³/mol. The van der Waals surface area contributed by atoms with Crippen molar-refractivity contribution in [2.24, 2.45) is 5.41 Å². The fourth-order valence-electron chi connectivity index (χ4n) is 2.54. The van der Waals surface area contributed by atoms with Crippen LogP contribution in [0, 0.1) is 5.41 Å². The third-order valence-corrected chi connectivity index (χ3v) is 3.71. The number of rotatable bonds is 2. The predicted octanol–water partition coefficient (Wildman–Crippen LogP) is 1.56. The Morgan fingerprint density at radius 3 is 2.75 bits per heavy atom. The Morgan fingerprint density at radius 1 is 1.50 bits per heavy atom. The standard InChI is InChI=1S/C10H19NO/c1-2-10(4-3-5-10)9-8-12-7-6-11-9/h9,11H,2-8H2,1H3. The molecule has 2 nitrogen and oxygen atoms in total. The molecule has 1 saturated carbocycles. The lowest BCUT2D eigenvalue weighted by molar-refractivity contribution is -0.0193. The SMILES string of the molecule is CCC1(C2COCCN2)CCC1. The van der Waals surface area contributed by atoms with Crippen molar-refractivity contribution in [3.63, 3.8) is 0 Å². The molecule has 0 bridgehead atoms. The van der Waals surface area contributed by atoms with E-state index in [-0.39, 0.29) is 0 Å². The molecule has 1 aliphatic carbocycles. The van der Waals surface area contributed by atoms with Gasteiger partial charge in [-0.05, 0) is 24.7 Å². The van der Waals surface area contributed by atoms with Crippen LogP contribution in [0.5, 0.6) is 0 Å². The van der Waals surface area contributed by atoms with Gasteiger partial charge in [0.15, 0.2) is 0 Å². The van der Waals surface area contributed by atoms with Crippen molar-refractivity contribution in [3.05, 3.63) is 0 Å². The van der Waals surface area contributed by atoms with Gasteiger partial charge in [0.2, 0.25) is 0 Å². The summed E-state index contributed by atoms with van der Waals surface area (Å²) in [6.07, 6.45) is 5.55. The lowest BCUT2D eigenvalue weighted by Gasteiger charge is -2.49. The van der Waals surface area contributed by atoms with Gasteiger partial charge < -0.3 is 10.1 Å². The van der Waals surface area contributed by atoms with Gasteiger partial charge in [0.25, 0.3) is 0 Å². The lowest BCUT2D eigenvalue weighted by atomic mass is 9.62. The number of morpholine rings is 1. The topological polar surface area (TPSA) is 21.3 Å². The molecular weight excluding hydrogens is 150 g/mol. The molecule has 0 aromatic carbocycles. The van der Waals surface area contributed by atoms with Crippen LogP contribution in [0.2, 0.25) is 0 Å². The molecule has 70 valence electrons. The van der Waals surface area contributed by atoms with Gasteiger partial charge in [-0.3, -0.25) is 0 Å². The van der Waals surface area contributed by atoms with Crippen LogP contribution in [0.4, 0.5) is 0 Å². The molecule has 1 N–H and O–H groups in total. The molecule has 0 spiro atoms. The second-order valence-electron chi connectivity index (χ2n) is 4.15. The summed E-state index contributed by atoms with van der Waals surface area (Å²) in [4.78, 5) is 0. The van der Waals surface area contributed by atoms with Crippen LogP contribution in [0.3, 0.4) is 0 Å². The fourth-order valence-corrected chi connectivity index (χ4v) is 2.54. The quantitative estimate of drug-likeness (QED) is 0.677. The van der Waals surface area contributed by atoms with Crippen molar-refractivity contribution >= 4 is 0 Å². The van der Waals surface area contributed by atoms with Crippen LogP contribution in [0.15, 0.2) is 0 Å². The number of ether oxygens (including phenoxy) is 1. The molecule has 0 aromatic heterocycles. The van der Waals surface area contributed by atoms with E-state index in [1.807, 2.05) is 0 Å². The minimum Gasteiger partial charge on any atom is -0.378 e. The molecule has 1 saturated heterocycles. The Labute approximate surface area is 74.7 Å². The first-order chi connectivity index (χ1) is 5.87. The smallest absolute Gasteiger partial charge is 0.0625 e. The summed E-state index contributed by atoms with van der Waals surface area (Å²) in [6.45, 7) is 5.20. The highest BCUT2D eigenvalue weighted by Gasteiger charge is 2.42. The first kappa shape index (κ1) is 8.52. The van der Waals surface area contributed by atoms with E-state index < -0.39 is 0 Å². The van der Waals surface area contributed by atoms with Crippen molar-refractivity contribution in [2.75, 3.05) is 19.8 Å². The Bertz CT molecular complexity index is 142. The third kappa shape index (κ3) is 1.27. The van der Waals surface area contributed by atoms with Crippen LogP contribution < -0.4 is 5.32 Å². The summed E-state index contributed by atoms with van der Waals surface area (Å²) >= 11 is 0. The normalized spacial score (nSPS) is 34.2. The second-order valence-corrected chi connectivity index (χ2v) is 4.15. The van der Waals surface area contributed by atoms with Crippen molar-refractivity contribution in [1.82, 2.24) is 5.32 Å². The number of hydrogen-bond acceptors (Lipinski definition) is 2. The zero-order chi connectivity index (χ0) is 8.44. The van der Waals surface area contributed by atoms with E-state index >= 15 is 0 Å². The highest BCUT2D eigenvalue weighted by atomic mass is 16.5.